The maximum absolute atomic E-state index is 12.6. The largest absolute Gasteiger partial charge is 0.477 e. The fraction of sp³-hybridized carbons (Fsp3) is 0.750. The zero-order valence-electron chi connectivity index (χ0n) is 34.0. The molecule has 2 atom stereocenters. The van der Waals surface area contributed by atoms with Crippen LogP contribution in [0.3, 0.4) is 0 Å². The molecule has 0 saturated carbocycles. The summed E-state index contributed by atoms with van der Waals surface area (Å²) in [6.45, 7) is 4.54. The fourth-order valence-corrected chi connectivity index (χ4v) is 5.76. The molecule has 0 saturated heterocycles. The first kappa shape index (κ1) is 49.3. The van der Waals surface area contributed by atoms with Crippen LogP contribution in [0.1, 0.15) is 162 Å². The summed E-state index contributed by atoms with van der Waals surface area (Å²) in [6, 6.07) is -0.623. The van der Waals surface area contributed by atoms with Crippen LogP contribution >= 0.6 is 0 Å². The number of carboxylic acid groups (broad SMARTS) is 1. The van der Waals surface area contributed by atoms with E-state index in [9.17, 15) is 19.5 Å². The lowest BCUT2D eigenvalue weighted by Crippen LogP contribution is -2.50. The van der Waals surface area contributed by atoms with E-state index in [0.29, 0.717) is 19.3 Å². The van der Waals surface area contributed by atoms with Crippen LogP contribution in [0.15, 0.2) is 48.6 Å². The maximum atomic E-state index is 12.6. The van der Waals surface area contributed by atoms with E-state index in [1.165, 1.54) is 77.0 Å². The van der Waals surface area contributed by atoms with Gasteiger partial charge in [0, 0.05) is 19.3 Å². The summed E-state index contributed by atoms with van der Waals surface area (Å²) in [6.07, 6.45) is 40.2. The number of ether oxygens (including phenoxy) is 3. The molecule has 8 heteroatoms. The van der Waals surface area contributed by atoms with Crippen LogP contribution in [0.5, 0.6) is 0 Å². The van der Waals surface area contributed by atoms with Crippen molar-refractivity contribution in [2.45, 2.75) is 174 Å². The van der Waals surface area contributed by atoms with Gasteiger partial charge in [-0.1, -0.05) is 127 Å². The second-order valence-corrected chi connectivity index (χ2v) is 14.9. The first-order valence-corrected chi connectivity index (χ1v) is 20.7. The minimum Gasteiger partial charge on any atom is -0.477 e. The van der Waals surface area contributed by atoms with Crippen LogP contribution < -0.4 is 0 Å². The molecule has 0 bridgehead atoms. The Bertz CT molecular complexity index is 995. The number of nitrogens with zero attached hydrogens (tertiary/aromatic N) is 1. The Kier molecular flexibility index (Phi) is 33.5. The molecule has 8 nitrogen and oxygen atoms in total. The molecule has 0 radical (unpaired) electrons. The molecule has 0 heterocycles. The summed E-state index contributed by atoms with van der Waals surface area (Å²) in [5.41, 5.74) is 0. The third-order valence-corrected chi connectivity index (χ3v) is 8.96. The number of rotatable bonds is 36. The number of aliphatic carboxylic acids is 1. The maximum Gasteiger partial charge on any atom is 0.362 e. The molecular weight excluding hydrogens is 654 g/mol. The van der Waals surface area contributed by atoms with E-state index in [1.807, 2.05) is 21.1 Å². The van der Waals surface area contributed by atoms with Crippen molar-refractivity contribution in [1.29, 1.82) is 0 Å². The molecule has 0 aliphatic rings. The number of allylic oxidation sites excluding steroid dienone is 8. The molecule has 0 rings (SSSR count). The van der Waals surface area contributed by atoms with Gasteiger partial charge < -0.3 is 23.8 Å². The summed E-state index contributed by atoms with van der Waals surface area (Å²) >= 11 is 0. The van der Waals surface area contributed by atoms with E-state index in [0.717, 1.165) is 44.9 Å². The van der Waals surface area contributed by atoms with E-state index in [-0.39, 0.29) is 42.7 Å². The quantitative estimate of drug-likeness (QED) is 0.0296. The number of quaternary nitrogens is 1. The van der Waals surface area contributed by atoms with Gasteiger partial charge in [0.15, 0.2) is 12.1 Å². The molecule has 0 amide bonds. The predicted octanol–water partition coefficient (Wildman–Crippen LogP) is 10.9. The molecule has 300 valence electrons. The summed E-state index contributed by atoms with van der Waals surface area (Å²) in [5.74, 6) is -1.55. The number of unbranched alkanes of at least 4 members (excludes halogenated alkanes) is 14. The van der Waals surface area contributed by atoms with Crippen molar-refractivity contribution in [2.24, 2.45) is 0 Å². The molecule has 0 fully saturated rings. The topological polar surface area (TPSA) is 99.1 Å². The van der Waals surface area contributed by atoms with Crippen molar-refractivity contribution < 1.29 is 38.2 Å². The summed E-state index contributed by atoms with van der Waals surface area (Å²) < 4.78 is 17.2. The first-order chi connectivity index (χ1) is 25.1. The van der Waals surface area contributed by atoms with E-state index >= 15 is 0 Å². The van der Waals surface area contributed by atoms with Crippen LogP contribution in [0, 0.1) is 0 Å². The second-order valence-electron chi connectivity index (χ2n) is 14.9. The predicted molar refractivity (Wildman–Crippen MR) is 215 cm³/mol. The Morgan fingerprint density at radius 3 is 1.67 bits per heavy atom. The van der Waals surface area contributed by atoms with Gasteiger partial charge in [0.05, 0.1) is 34.4 Å². The van der Waals surface area contributed by atoms with Gasteiger partial charge in [-0.25, -0.2) is 4.79 Å². The summed E-state index contributed by atoms with van der Waals surface area (Å²) in [5, 5.41) is 9.59. The standard InChI is InChI=1S/C44H77NO7/c1-6-8-10-12-14-16-18-19-20-21-22-23-25-26-28-30-32-34-42(46)51-39-40(38-50-37-36-41(44(48)49)45(3,4)5)52-43(47)35-33-31-29-27-24-17-15-13-11-9-7-2/h9,11,15,17,19-20,27,29,40-41H,6-8,10,12-14,16,18,21-26,28,30-39H2,1-5H3/p+1/b11-9+,17-15+,20-19+,29-27+. The molecular formula is C44H78NO7+. The van der Waals surface area contributed by atoms with Crippen LogP contribution in [-0.4, -0.2) is 80.6 Å². The number of carboxylic acids is 1. The van der Waals surface area contributed by atoms with E-state index < -0.39 is 18.1 Å². The highest BCUT2D eigenvalue weighted by molar-refractivity contribution is 5.72. The second kappa shape index (κ2) is 35.3. The molecule has 0 spiro atoms. The lowest BCUT2D eigenvalue weighted by atomic mass is 10.1. The lowest BCUT2D eigenvalue weighted by molar-refractivity contribution is -0.887. The Hall–Kier alpha value is -2.71. The zero-order valence-corrected chi connectivity index (χ0v) is 34.0. The normalized spacial score (nSPS) is 13.5. The SMILES string of the molecule is CC/C=C/C/C=C/C/C=C/CCCC(=O)OC(COCCC(C(=O)O)[N+](C)(C)C)COC(=O)CCCCCCCCC/C=C/CCCCCCCC. The van der Waals surface area contributed by atoms with Gasteiger partial charge in [-0.05, 0) is 64.2 Å². The molecule has 0 aliphatic carbocycles. The molecule has 0 aromatic carbocycles. The minimum absolute atomic E-state index is 0.0388. The van der Waals surface area contributed by atoms with E-state index in [2.05, 4.69) is 62.5 Å². The molecule has 52 heavy (non-hydrogen) atoms. The smallest absolute Gasteiger partial charge is 0.362 e. The highest BCUT2D eigenvalue weighted by atomic mass is 16.6. The van der Waals surface area contributed by atoms with Crippen LogP contribution in [0.25, 0.3) is 0 Å². The summed E-state index contributed by atoms with van der Waals surface area (Å²) in [7, 11) is 5.50. The minimum atomic E-state index is -0.885. The molecule has 0 aromatic rings. The number of hydrogen-bond acceptors (Lipinski definition) is 6. The molecule has 1 N–H and O–H groups in total. The Morgan fingerprint density at radius 1 is 0.596 bits per heavy atom. The van der Waals surface area contributed by atoms with Crippen molar-refractivity contribution in [1.82, 2.24) is 0 Å². The molecule has 0 aromatic heterocycles. The molecule has 0 aliphatic heterocycles. The van der Waals surface area contributed by atoms with Crippen LogP contribution in [-0.2, 0) is 28.6 Å². The monoisotopic (exact) mass is 733 g/mol. The fourth-order valence-electron chi connectivity index (χ4n) is 5.76. The third kappa shape index (κ3) is 33.1. The van der Waals surface area contributed by atoms with Crippen molar-refractivity contribution in [3.8, 4) is 0 Å². The van der Waals surface area contributed by atoms with Gasteiger partial charge in [-0.15, -0.1) is 0 Å². The van der Waals surface area contributed by atoms with Gasteiger partial charge in [-0.3, -0.25) is 9.59 Å². The lowest BCUT2D eigenvalue weighted by Gasteiger charge is -2.31. The Labute approximate surface area is 318 Å². The third-order valence-electron chi connectivity index (χ3n) is 8.96. The van der Waals surface area contributed by atoms with Crippen LogP contribution in [0.2, 0.25) is 0 Å². The van der Waals surface area contributed by atoms with E-state index in [1.54, 1.807) is 0 Å². The van der Waals surface area contributed by atoms with Crippen molar-refractivity contribution in [3.05, 3.63) is 48.6 Å². The van der Waals surface area contributed by atoms with Crippen molar-refractivity contribution >= 4 is 17.9 Å². The van der Waals surface area contributed by atoms with Gasteiger partial charge in [0.2, 0.25) is 0 Å². The average Bonchev–Trinajstić information content (AvgIpc) is 3.09. The number of likely N-dealkylation sites (N-methyl/N-ethyl adjacent to an activating group) is 1. The first-order valence-electron chi connectivity index (χ1n) is 20.7. The average molecular weight is 733 g/mol. The molecule has 2 unspecified atom stereocenters. The highest BCUT2D eigenvalue weighted by Gasteiger charge is 2.31. The Balaban J connectivity index is 4.39. The van der Waals surface area contributed by atoms with Crippen LogP contribution in [0.4, 0.5) is 0 Å². The van der Waals surface area contributed by atoms with Gasteiger partial charge in [0.25, 0.3) is 0 Å². The number of carbonyl (C=O) groups excluding carboxylic acids is 2. The number of esters is 2. The summed E-state index contributed by atoms with van der Waals surface area (Å²) in [4.78, 5) is 36.8. The van der Waals surface area contributed by atoms with Gasteiger partial charge in [0.1, 0.15) is 6.61 Å². The van der Waals surface area contributed by atoms with E-state index in [4.69, 9.17) is 14.2 Å². The van der Waals surface area contributed by atoms with Gasteiger partial charge >= 0.3 is 17.9 Å². The number of hydrogen-bond donors (Lipinski definition) is 1. The Morgan fingerprint density at radius 2 is 1.10 bits per heavy atom. The van der Waals surface area contributed by atoms with Crippen molar-refractivity contribution in [2.75, 3.05) is 41.0 Å². The van der Waals surface area contributed by atoms with Gasteiger partial charge in [-0.2, -0.15) is 0 Å². The zero-order chi connectivity index (χ0) is 38.5. The highest BCUT2D eigenvalue weighted by Crippen LogP contribution is 2.13. The van der Waals surface area contributed by atoms with Crippen molar-refractivity contribution in [3.63, 3.8) is 0 Å². The number of carbonyl (C=O) groups is 3.